The van der Waals surface area contributed by atoms with Crippen LogP contribution >= 0.6 is 0 Å². The fraction of sp³-hybridized carbons (Fsp3) is 0.440. The summed E-state index contributed by atoms with van der Waals surface area (Å²) in [6, 6.07) is 15.1. The Morgan fingerprint density at radius 3 is 2.09 bits per heavy atom. The first-order valence-corrected chi connectivity index (χ1v) is 11.3. The molecule has 0 atom stereocenters. The largest absolute Gasteiger partial charge is 0.457 e. The Hall–Kier alpha value is -3.06. The first kappa shape index (κ1) is 22.1. The van der Waals surface area contributed by atoms with Crippen molar-refractivity contribution in [3.8, 4) is 11.5 Å². The van der Waals surface area contributed by atoms with E-state index in [-0.39, 0.29) is 11.9 Å². The predicted molar refractivity (Wildman–Crippen MR) is 124 cm³/mol. The zero-order valence-electron chi connectivity index (χ0n) is 19.1. The highest BCUT2D eigenvalue weighted by Crippen LogP contribution is 2.27. The van der Waals surface area contributed by atoms with E-state index in [1.54, 1.807) is 31.3 Å². The molecule has 3 aliphatic rings. The Morgan fingerprint density at radius 1 is 0.906 bits per heavy atom. The maximum absolute atomic E-state index is 13.1. The van der Waals surface area contributed by atoms with Crippen molar-refractivity contribution in [2.24, 2.45) is 0 Å². The molecule has 3 amide bonds. The summed E-state index contributed by atoms with van der Waals surface area (Å²) >= 11 is 0. The Labute approximate surface area is 189 Å². The summed E-state index contributed by atoms with van der Waals surface area (Å²) in [5.41, 5.74) is 1.09. The normalized spacial score (nSPS) is 20.4. The molecule has 7 nitrogen and oxygen atoms in total. The third-order valence-electron chi connectivity index (χ3n) is 6.49. The van der Waals surface area contributed by atoms with Gasteiger partial charge in [0.05, 0.1) is 5.54 Å². The van der Waals surface area contributed by atoms with Crippen LogP contribution in [0, 0.1) is 0 Å². The lowest BCUT2D eigenvalue weighted by atomic mass is 9.94. The molecule has 2 aromatic rings. The smallest absolute Gasteiger partial charge is 0.318 e. The Morgan fingerprint density at radius 2 is 1.50 bits per heavy atom. The van der Waals surface area contributed by atoms with Gasteiger partial charge < -0.3 is 25.2 Å². The summed E-state index contributed by atoms with van der Waals surface area (Å²) in [6.07, 6.45) is 2.12. The van der Waals surface area contributed by atoms with Crippen LogP contribution in [0.25, 0.3) is 0 Å². The van der Waals surface area contributed by atoms with Gasteiger partial charge in [-0.05, 0) is 68.7 Å². The van der Waals surface area contributed by atoms with Crippen LogP contribution < -0.4 is 15.4 Å². The minimum Gasteiger partial charge on any atom is -0.457 e. The average Bonchev–Trinajstić information content (AvgIpc) is 3.13. The second kappa shape index (κ2) is 9.20. The zero-order chi connectivity index (χ0) is 22.7. The second-order valence-corrected chi connectivity index (χ2v) is 9.05. The number of benzene rings is 2. The molecule has 3 heterocycles. The van der Waals surface area contributed by atoms with Crippen LogP contribution in [-0.2, 0) is 5.54 Å². The van der Waals surface area contributed by atoms with Crippen molar-refractivity contribution in [2.45, 2.75) is 38.3 Å². The quantitative estimate of drug-likeness (QED) is 0.752. The first-order valence-electron chi connectivity index (χ1n) is 11.3. The van der Waals surface area contributed by atoms with E-state index in [1.165, 1.54) is 0 Å². The first-order chi connectivity index (χ1) is 15.4. The van der Waals surface area contributed by atoms with Gasteiger partial charge in [0.15, 0.2) is 0 Å². The average molecular weight is 437 g/mol. The maximum atomic E-state index is 13.1. The SMILES string of the molecule is CNC(=O)c1ccc(Oc2ccc(C(C)(C)NC(=O)N3CCN4CCC3CC4)cc2)cc1. The standard InChI is InChI=1S/C25H32N4O3/c1-25(2,27-24(31)29-17-16-28-14-12-20(29)13-15-28)19-6-10-22(11-7-19)32-21-8-4-18(5-9-21)23(30)26-3/h4-11,20H,12-17H2,1-3H3,(H,26,30)(H,27,31). The summed E-state index contributed by atoms with van der Waals surface area (Å²) in [4.78, 5) is 29.2. The van der Waals surface area contributed by atoms with Gasteiger partial charge in [-0.25, -0.2) is 4.79 Å². The van der Waals surface area contributed by atoms with Gasteiger partial charge in [0.25, 0.3) is 5.91 Å². The molecular formula is C25H32N4O3. The van der Waals surface area contributed by atoms with Crippen LogP contribution in [0.1, 0.15) is 42.6 Å². The monoisotopic (exact) mass is 436 g/mol. The van der Waals surface area contributed by atoms with E-state index in [0.29, 0.717) is 23.1 Å². The third-order valence-corrected chi connectivity index (χ3v) is 6.49. The van der Waals surface area contributed by atoms with Gasteiger partial charge in [0.1, 0.15) is 11.5 Å². The van der Waals surface area contributed by atoms with Crippen molar-refractivity contribution in [3.05, 3.63) is 59.7 Å². The topological polar surface area (TPSA) is 73.9 Å². The van der Waals surface area contributed by atoms with Crippen LogP contribution in [0.15, 0.2) is 48.5 Å². The number of urea groups is 1. The van der Waals surface area contributed by atoms with E-state index in [4.69, 9.17) is 4.74 Å². The fourth-order valence-corrected chi connectivity index (χ4v) is 4.46. The van der Waals surface area contributed by atoms with Gasteiger partial charge in [-0.15, -0.1) is 0 Å². The molecule has 0 aliphatic carbocycles. The molecule has 0 aromatic heterocycles. The predicted octanol–water partition coefficient (Wildman–Crippen LogP) is 3.56. The molecule has 3 saturated heterocycles. The number of carbonyl (C=O) groups is 2. The highest BCUT2D eigenvalue weighted by atomic mass is 16.5. The molecule has 2 aromatic carbocycles. The van der Waals surface area contributed by atoms with Crippen LogP contribution in [-0.4, -0.2) is 61.0 Å². The molecular weight excluding hydrogens is 404 g/mol. The highest BCUT2D eigenvalue weighted by Gasteiger charge is 2.34. The number of nitrogens with zero attached hydrogens (tertiary/aromatic N) is 2. The van der Waals surface area contributed by atoms with E-state index >= 15 is 0 Å². The summed E-state index contributed by atoms with van der Waals surface area (Å²) < 4.78 is 5.91. The molecule has 2 N–H and O–H groups in total. The minimum atomic E-state index is -0.505. The van der Waals surface area contributed by atoms with Gasteiger partial charge in [-0.3, -0.25) is 4.79 Å². The number of hydrogen-bond donors (Lipinski definition) is 2. The van der Waals surface area contributed by atoms with Crippen molar-refractivity contribution < 1.29 is 14.3 Å². The molecule has 2 bridgehead atoms. The molecule has 0 spiro atoms. The maximum Gasteiger partial charge on any atom is 0.318 e. The van der Waals surface area contributed by atoms with Gasteiger partial charge in [0, 0.05) is 44.8 Å². The molecule has 3 fully saturated rings. The zero-order valence-corrected chi connectivity index (χ0v) is 19.1. The molecule has 3 aliphatic heterocycles. The lowest BCUT2D eigenvalue weighted by Crippen LogP contribution is -2.52. The molecule has 32 heavy (non-hydrogen) atoms. The van der Waals surface area contributed by atoms with Crippen LogP contribution in [0.5, 0.6) is 11.5 Å². The van der Waals surface area contributed by atoms with Crippen molar-refractivity contribution in [1.29, 1.82) is 0 Å². The number of amides is 3. The van der Waals surface area contributed by atoms with Crippen molar-refractivity contribution in [1.82, 2.24) is 20.4 Å². The number of rotatable bonds is 5. The number of carbonyl (C=O) groups excluding carboxylic acids is 2. The minimum absolute atomic E-state index is 0.0142. The molecule has 0 unspecified atom stereocenters. The lowest BCUT2D eigenvalue weighted by Gasteiger charge is -2.35. The number of fused-ring (bicyclic) bond motifs is 4. The van der Waals surface area contributed by atoms with Gasteiger partial charge in [-0.1, -0.05) is 12.1 Å². The van der Waals surface area contributed by atoms with Gasteiger partial charge in [0.2, 0.25) is 0 Å². The molecule has 7 heteroatoms. The van der Waals surface area contributed by atoms with Gasteiger partial charge >= 0.3 is 6.03 Å². The summed E-state index contributed by atoms with van der Waals surface area (Å²) in [6.45, 7) is 7.98. The van der Waals surface area contributed by atoms with E-state index in [2.05, 4.69) is 15.5 Å². The van der Waals surface area contributed by atoms with Crippen molar-refractivity contribution >= 4 is 11.9 Å². The summed E-state index contributed by atoms with van der Waals surface area (Å²) in [5.74, 6) is 1.22. The number of hydrogen-bond acceptors (Lipinski definition) is 4. The molecule has 0 saturated carbocycles. The number of ether oxygens (including phenoxy) is 1. The fourth-order valence-electron chi connectivity index (χ4n) is 4.46. The molecule has 5 rings (SSSR count). The summed E-state index contributed by atoms with van der Waals surface area (Å²) in [5, 5.41) is 5.84. The highest BCUT2D eigenvalue weighted by molar-refractivity contribution is 5.94. The van der Waals surface area contributed by atoms with Crippen molar-refractivity contribution in [3.63, 3.8) is 0 Å². The Bertz CT molecular complexity index is 948. The van der Waals surface area contributed by atoms with Crippen LogP contribution in [0.3, 0.4) is 0 Å². The van der Waals surface area contributed by atoms with Crippen molar-refractivity contribution in [2.75, 3.05) is 33.2 Å². The Kier molecular flexibility index (Phi) is 6.37. The molecule has 170 valence electrons. The molecule has 0 radical (unpaired) electrons. The van der Waals surface area contributed by atoms with E-state index < -0.39 is 5.54 Å². The van der Waals surface area contributed by atoms with Gasteiger partial charge in [-0.2, -0.15) is 0 Å². The lowest BCUT2D eigenvalue weighted by molar-refractivity contribution is 0.0963. The third kappa shape index (κ3) is 4.88. The second-order valence-electron chi connectivity index (χ2n) is 9.05. The Balaban J connectivity index is 1.39. The van der Waals surface area contributed by atoms with E-state index in [9.17, 15) is 9.59 Å². The number of piperidine rings is 1. The summed E-state index contributed by atoms with van der Waals surface area (Å²) in [7, 11) is 1.61. The number of nitrogens with one attached hydrogen (secondary N) is 2. The van der Waals surface area contributed by atoms with E-state index in [0.717, 1.165) is 44.6 Å². The van der Waals surface area contributed by atoms with Crippen LogP contribution in [0.2, 0.25) is 0 Å². The van der Waals surface area contributed by atoms with Crippen LogP contribution in [0.4, 0.5) is 4.79 Å². The van der Waals surface area contributed by atoms with E-state index in [1.807, 2.05) is 43.0 Å².